The number of thiocarbonyl (C=S) groups is 1. The molecule has 7 nitrogen and oxygen atoms in total. The van der Waals surface area contributed by atoms with Crippen LogP contribution in [-0.4, -0.2) is 67.3 Å². The zero-order valence-corrected chi connectivity index (χ0v) is 15.7. The van der Waals surface area contributed by atoms with E-state index in [-0.39, 0.29) is 10.8 Å². The largest absolute Gasteiger partial charge is 0.503 e. The van der Waals surface area contributed by atoms with Gasteiger partial charge in [-0.3, -0.25) is 10.3 Å². The van der Waals surface area contributed by atoms with Crippen molar-refractivity contribution in [1.29, 1.82) is 0 Å². The van der Waals surface area contributed by atoms with Crippen LogP contribution in [0.4, 0.5) is 0 Å². The average molecular weight is 387 g/mol. The number of rotatable bonds is 7. The summed E-state index contributed by atoms with van der Waals surface area (Å²) in [5.41, 5.74) is 3.44. The molecule has 138 valence electrons. The molecular weight excluding hydrogens is 364 g/mol. The third kappa shape index (κ3) is 6.66. The molecular formula is C16H23ClN4O3S. The van der Waals surface area contributed by atoms with Crippen LogP contribution in [0.1, 0.15) is 12.5 Å². The van der Waals surface area contributed by atoms with Gasteiger partial charge >= 0.3 is 0 Å². The van der Waals surface area contributed by atoms with Gasteiger partial charge in [0.1, 0.15) is 0 Å². The Kier molecular flexibility index (Phi) is 8.20. The molecule has 0 saturated carbocycles. The molecule has 0 amide bonds. The third-order valence-electron chi connectivity index (χ3n) is 3.55. The van der Waals surface area contributed by atoms with Gasteiger partial charge < -0.3 is 19.9 Å². The molecule has 0 aromatic heterocycles. The fourth-order valence-electron chi connectivity index (χ4n) is 2.29. The van der Waals surface area contributed by atoms with Gasteiger partial charge in [-0.05, 0) is 36.8 Å². The lowest BCUT2D eigenvalue weighted by molar-refractivity contribution is 0.0389. The van der Waals surface area contributed by atoms with Gasteiger partial charge in [-0.1, -0.05) is 11.6 Å². The smallest absolute Gasteiger partial charge is 0.187 e. The highest BCUT2D eigenvalue weighted by Crippen LogP contribution is 2.34. The fraction of sp³-hybridized carbons (Fsp3) is 0.500. The summed E-state index contributed by atoms with van der Waals surface area (Å²) < 4.78 is 10.6. The first kappa shape index (κ1) is 19.7. The van der Waals surface area contributed by atoms with Crippen molar-refractivity contribution in [2.75, 3.05) is 46.0 Å². The summed E-state index contributed by atoms with van der Waals surface area (Å²) in [7, 11) is 0. The summed E-state index contributed by atoms with van der Waals surface area (Å²) in [6, 6.07) is 3.25. The van der Waals surface area contributed by atoms with E-state index in [1.54, 1.807) is 18.3 Å². The number of phenolic OH excluding ortho intramolecular Hbond substituents is 1. The number of benzene rings is 1. The highest BCUT2D eigenvalue weighted by atomic mass is 35.5. The van der Waals surface area contributed by atoms with Crippen LogP contribution in [0, 0.1) is 0 Å². The Morgan fingerprint density at radius 1 is 1.48 bits per heavy atom. The van der Waals surface area contributed by atoms with Crippen molar-refractivity contribution >= 4 is 35.1 Å². The first-order valence-electron chi connectivity index (χ1n) is 8.12. The molecule has 25 heavy (non-hydrogen) atoms. The van der Waals surface area contributed by atoms with E-state index in [1.807, 2.05) is 6.92 Å². The first-order valence-corrected chi connectivity index (χ1v) is 8.91. The number of aromatic hydroxyl groups is 1. The van der Waals surface area contributed by atoms with Crippen LogP contribution in [0.25, 0.3) is 0 Å². The molecule has 0 bridgehead atoms. The second kappa shape index (κ2) is 10.4. The molecule has 0 spiro atoms. The molecule has 1 heterocycles. The van der Waals surface area contributed by atoms with E-state index in [1.165, 1.54) is 0 Å². The Hall–Kier alpha value is -1.61. The summed E-state index contributed by atoms with van der Waals surface area (Å²) in [5.74, 6) is 0.247. The summed E-state index contributed by atoms with van der Waals surface area (Å²) in [4.78, 5) is 2.32. The number of nitrogens with one attached hydrogen (secondary N) is 2. The summed E-state index contributed by atoms with van der Waals surface area (Å²) in [5, 5.41) is 17.6. The second-order valence-electron chi connectivity index (χ2n) is 5.36. The average Bonchev–Trinajstić information content (AvgIpc) is 2.60. The van der Waals surface area contributed by atoms with Gasteiger partial charge in [-0.15, -0.1) is 0 Å². The lowest BCUT2D eigenvalue weighted by Gasteiger charge is -2.26. The van der Waals surface area contributed by atoms with Gasteiger partial charge in [-0.2, -0.15) is 5.10 Å². The van der Waals surface area contributed by atoms with Crippen molar-refractivity contribution in [1.82, 2.24) is 15.6 Å². The maximum atomic E-state index is 9.81. The zero-order valence-electron chi connectivity index (χ0n) is 14.1. The Labute approximate surface area is 157 Å². The molecule has 0 atom stereocenters. The Morgan fingerprint density at radius 2 is 2.24 bits per heavy atom. The van der Waals surface area contributed by atoms with Gasteiger partial charge in [0.25, 0.3) is 0 Å². The van der Waals surface area contributed by atoms with E-state index >= 15 is 0 Å². The first-order chi connectivity index (χ1) is 12.1. The van der Waals surface area contributed by atoms with Crippen LogP contribution in [-0.2, 0) is 4.74 Å². The second-order valence-corrected chi connectivity index (χ2v) is 6.18. The van der Waals surface area contributed by atoms with Crippen molar-refractivity contribution in [3.63, 3.8) is 0 Å². The van der Waals surface area contributed by atoms with Crippen molar-refractivity contribution in [2.24, 2.45) is 5.10 Å². The Bertz CT molecular complexity index is 609. The number of ether oxygens (including phenoxy) is 2. The van der Waals surface area contributed by atoms with Crippen molar-refractivity contribution in [3.05, 3.63) is 22.7 Å². The predicted molar refractivity (Wildman–Crippen MR) is 103 cm³/mol. The number of nitrogens with zero attached hydrogens (tertiary/aromatic N) is 2. The summed E-state index contributed by atoms with van der Waals surface area (Å²) >= 11 is 11.2. The molecule has 0 aliphatic carbocycles. The highest BCUT2D eigenvalue weighted by molar-refractivity contribution is 7.80. The lowest BCUT2D eigenvalue weighted by Crippen LogP contribution is -2.42. The molecule has 1 aliphatic rings. The minimum absolute atomic E-state index is 0.0751. The van der Waals surface area contributed by atoms with E-state index in [4.69, 9.17) is 33.3 Å². The number of hydrogen-bond donors (Lipinski definition) is 3. The van der Waals surface area contributed by atoms with Crippen molar-refractivity contribution < 1.29 is 14.6 Å². The van der Waals surface area contributed by atoms with Crippen molar-refractivity contribution in [2.45, 2.75) is 6.92 Å². The molecule has 1 fully saturated rings. The number of hydrogen-bond acceptors (Lipinski definition) is 6. The van der Waals surface area contributed by atoms with Gasteiger partial charge in [0, 0.05) is 26.2 Å². The number of morpholine rings is 1. The molecule has 0 unspecified atom stereocenters. The lowest BCUT2D eigenvalue weighted by atomic mass is 10.2. The van der Waals surface area contributed by atoms with Crippen LogP contribution < -0.4 is 15.5 Å². The van der Waals surface area contributed by atoms with Crippen LogP contribution in [0.15, 0.2) is 17.2 Å². The van der Waals surface area contributed by atoms with E-state index in [0.717, 1.165) is 39.4 Å². The molecule has 1 aromatic carbocycles. The van der Waals surface area contributed by atoms with Crippen LogP contribution in [0.2, 0.25) is 5.02 Å². The maximum absolute atomic E-state index is 9.81. The SMILES string of the molecule is CCOc1cc(/C=N/NC(=S)NCCN2CCOCC2)cc(Cl)c1O. The van der Waals surface area contributed by atoms with Gasteiger partial charge in [0.05, 0.1) is 31.1 Å². The van der Waals surface area contributed by atoms with Gasteiger partial charge in [-0.25, -0.2) is 0 Å². The van der Waals surface area contributed by atoms with Crippen molar-refractivity contribution in [3.8, 4) is 11.5 Å². The molecule has 0 radical (unpaired) electrons. The van der Waals surface area contributed by atoms with Crippen LogP contribution in [0.5, 0.6) is 11.5 Å². The topological polar surface area (TPSA) is 78.4 Å². The Morgan fingerprint density at radius 3 is 2.96 bits per heavy atom. The van der Waals surface area contributed by atoms with Crippen LogP contribution in [0.3, 0.4) is 0 Å². The summed E-state index contributed by atoms with van der Waals surface area (Å²) in [6.45, 7) is 7.36. The molecule has 1 aromatic rings. The van der Waals surface area contributed by atoms with Crippen LogP contribution >= 0.6 is 23.8 Å². The fourth-order valence-corrected chi connectivity index (χ4v) is 2.67. The third-order valence-corrected chi connectivity index (χ3v) is 4.07. The number of halogens is 1. The highest BCUT2D eigenvalue weighted by Gasteiger charge is 2.10. The standard InChI is InChI=1S/C16H23ClN4O3S/c1-2-24-14-10-12(9-13(17)15(14)22)11-19-20-16(25)18-3-4-21-5-7-23-8-6-21/h9-11,22H,2-8H2,1H3,(H2,18,20,25)/b19-11+. The minimum atomic E-state index is -0.0751. The quantitative estimate of drug-likeness (QED) is 0.373. The molecule has 9 heteroatoms. The van der Waals surface area contributed by atoms with Gasteiger partial charge in [0.15, 0.2) is 16.6 Å². The Balaban J connectivity index is 1.76. The van der Waals surface area contributed by atoms with E-state index in [9.17, 15) is 5.11 Å². The number of phenols is 1. The summed E-state index contributed by atoms with van der Waals surface area (Å²) in [6.07, 6.45) is 1.56. The molecule has 3 N–H and O–H groups in total. The number of hydrazone groups is 1. The maximum Gasteiger partial charge on any atom is 0.187 e. The van der Waals surface area contributed by atoms with Gasteiger partial charge in [0.2, 0.25) is 0 Å². The molecule has 1 aliphatic heterocycles. The zero-order chi connectivity index (χ0) is 18.1. The monoisotopic (exact) mass is 386 g/mol. The molecule has 1 saturated heterocycles. The van der Waals surface area contributed by atoms with E-state index < -0.39 is 0 Å². The van der Waals surface area contributed by atoms with E-state index in [2.05, 4.69) is 20.7 Å². The van der Waals surface area contributed by atoms with E-state index in [0.29, 0.717) is 23.0 Å². The molecule has 2 rings (SSSR count). The normalized spacial score (nSPS) is 15.3. The predicted octanol–water partition coefficient (Wildman–Crippen LogP) is 1.57. The minimum Gasteiger partial charge on any atom is -0.503 e.